The summed E-state index contributed by atoms with van der Waals surface area (Å²) in [4.78, 5) is 24.0. The lowest BCUT2D eigenvalue weighted by Crippen LogP contribution is -2.46. The van der Waals surface area contributed by atoms with Crippen molar-refractivity contribution in [2.45, 2.75) is 6.04 Å². The molecule has 2 aromatic rings. The number of aromatic nitrogens is 1. The molecule has 3 N–H and O–H groups in total. The van der Waals surface area contributed by atoms with Crippen molar-refractivity contribution in [1.82, 2.24) is 10.5 Å². The van der Waals surface area contributed by atoms with Crippen LogP contribution in [-0.4, -0.2) is 41.8 Å². The summed E-state index contributed by atoms with van der Waals surface area (Å²) in [6.07, 6.45) is 1.29. The number of hydrogen-bond donors (Lipinski definition) is 3. The van der Waals surface area contributed by atoms with E-state index in [1.54, 1.807) is 18.2 Å². The van der Waals surface area contributed by atoms with Crippen LogP contribution in [0.3, 0.4) is 0 Å². The van der Waals surface area contributed by atoms with Gasteiger partial charge in [-0.3, -0.25) is 9.59 Å². The number of hydrogen-bond acceptors (Lipinski definition) is 6. The number of rotatable bonds is 6. The second kappa shape index (κ2) is 7.23. The van der Waals surface area contributed by atoms with E-state index >= 15 is 0 Å². The highest BCUT2D eigenvalue weighted by molar-refractivity contribution is 6.01. The van der Waals surface area contributed by atoms with Crippen LogP contribution in [0.5, 0.6) is 5.75 Å². The minimum absolute atomic E-state index is 0.194. The molecule has 0 aliphatic carbocycles. The molecule has 0 radical (unpaired) electrons. The van der Waals surface area contributed by atoms with Gasteiger partial charge in [0, 0.05) is 11.6 Å². The van der Waals surface area contributed by atoms with Gasteiger partial charge in [0.05, 0.1) is 13.7 Å². The monoisotopic (exact) mass is 305 g/mol. The van der Waals surface area contributed by atoms with Gasteiger partial charge in [-0.05, 0) is 18.2 Å². The van der Waals surface area contributed by atoms with Gasteiger partial charge in [0.2, 0.25) is 0 Å². The molecule has 0 aliphatic rings. The number of nitrogens with zero attached hydrogens (tertiary/aromatic N) is 1. The molecule has 0 spiro atoms. The van der Waals surface area contributed by atoms with Gasteiger partial charge in [-0.1, -0.05) is 11.2 Å². The number of benzene rings is 1. The Hall–Kier alpha value is -2.87. The van der Waals surface area contributed by atoms with E-state index in [9.17, 15) is 14.7 Å². The first-order chi connectivity index (χ1) is 10.6. The van der Waals surface area contributed by atoms with E-state index in [1.165, 1.54) is 25.5 Å². The van der Waals surface area contributed by atoms with Crippen molar-refractivity contribution in [3.8, 4) is 5.75 Å². The minimum atomic E-state index is -1.12. The highest BCUT2D eigenvalue weighted by atomic mass is 16.5. The Morgan fingerprint density at radius 1 is 1.41 bits per heavy atom. The average Bonchev–Trinajstić information content (AvgIpc) is 3.05. The number of nitrogens with one attached hydrogen (secondary N) is 2. The highest BCUT2D eigenvalue weighted by Crippen LogP contribution is 2.12. The number of carbonyl (C=O) groups excluding carboxylic acids is 2. The maximum absolute atomic E-state index is 12.1. The molecule has 0 saturated carbocycles. The molecule has 0 unspecified atom stereocenters. The van der Waals surface area contributed by atoms with Gasteiger partial charge in [-0.2, -0.15) is 0 Å². The fraction of sp³-hybridized carbons (Fsp3) is 0.214. The van der Waals surface area contributed by atoms with Crippen LogP contribution in [0.1, 0.15) is 10.4 Å². The molecule has 0 aliphatic heterocycles. The van der Waals surface area contributed by atoms with E-state index in [0.717, 1.165) is 0 Å². The molecule has 1 heterocycles. The predicted octanol–water partition coefficient (Wildman–Crippen LogP) is 0.413. The maximum Gasteiger partial charge on any atom is 0.252 e. The summed E-state index contributed by atoms with van der Waals surface area (Å²) in [7, 11) is 1.49. The second-order valence-corrected chi connectivity index (χ2v) is 4.31. The summed E-state index contributed by atoms with van der Waals surface area (Å²) < 4.78 is 9.60. The molecule has 1 aromatic heterocycles. The smallest absolute Gasteiger partial charge is 0.252 e. The van der Waals surface area contributed by atoms with Crippen LogP contribution in [0.15, 0.2) is 41.1 Å². The Morgan fingerprint density at radius 2 is 2.23 bits per heavy atom. The SMILES string of the molecule is COc1cccc(C(=O)N[C@@H](CO)C(=O)Nc2ccon2)c1. The van der Waals surface area contributed by atoms with Gasteiger partial charge < -0.3 is 25.0 Å². The van der Waals surface area contributed by atoms with E-state index < -0.39 is 24.5 Å². The van der Waals surface area contributed by atoms with Crippen LogP contribution in [-0.2, 0) is 4.79 Å². The molecular weight excluding hydrogens is 290 g/mol. The van der Waals surface area contributed by atoms with E-state index in [2.05, 4.69) is 20.3 Å². The molecule has 0 bridgehead atoms. The van der Waals surface area contributed by atoms with Gasteiger partial charge in [0.15, 0.2) is 5.82 Å². The molecule has 116 valence electrons. The Morgan fingerprint density at radius 3 is 2.86 bits per heavy atom. The van der Waals surface area contributed by atoms with E-state index in [0.29, 0.717) is 11.3 Å². The molecule has 1 atom stereocenters. The third kappa shape index (κ3) is 3.83. The van der Waals surface area contributed by atoms with Crippen LogP contribution in [0.25, 0.3) is 0 Å². The molecule has 8 nitrogen and oxygen atoms in total. The summed E-state index contributed by atoms with van der Waals surface area (Å²) in [6, 6.07) is 6.77. The average molecular weight is 305 g/mol. The number of methoxy groups -OCH3 is 1. The number of carbonyl (C=O) groups is 2. The van der Waals surface area contributed by atoms with Crippen LogP contribution in [0.2, 0.25) is 0 Å². The van der Waals surface area contributed by atoms with Crippen molar-refractivity contribution >= 4 is 17.6 Å². The number of ether oxygens (including phenoxy) is 1. The van der Waals surface area contributed by atoms with Gasteiger partial charge in [0.1, 0.15) is 18.1 Å². The zero-order valence-electron chi connectivity index (χ0n) is 11.8. The predicted molar refractivity (Wildman–Crippen MR) is 76.5 cm³/mol. The molecular formula is C14H15N3O5. The van der Waals surface area contributed by atoms with Crippen LogP contribution in [0.4, 0.5) is 5.82 Å². The summed E-state index contributed by atoms with van der Waals surface area (Å²) in [5, 5.41) is 17.6. The quantitative estimate of drug-likeness (QED) is 0.712. The lowest BCUT2D eigenvalue weighted by atomic mass is 10.2. The molecule has 2 amide bonds. The first-order valence-electron chi connectivity index (χ1n) is 6.41. The molecule has 8 heteroatoms. The topological polar surface area (TPSA) is 114 Å². The normalized spacial score (nSPS) is 11.5. The Bertz CT molecular complexity index is 642. The van der Waals surface area contributed by atoms with Crippen molar-refractivity contribution in [2.75, 3.05) is 19.0 Å². The fourth-order valence-electron chi connectivity index (χ4n) is 1.69. The summed E-state index contributed by atoms with van der Waals surface area (Å²) >= 11 is 0. The molecule has 0 fully saturated rings. The zero-order valence-corrected chi connectivity index (χ0v) is 11.8. The van der Waals surface area contributed by atoms with Crippen molar-refractivity contribution in [1.29, 1.82) is 0 Å². The van der Waals surface area contributed by atoms with Crippen molar-refractivity contribution in [2.24, 2.45) is 0 Å². The number of amides is 2. The lowest BCUT2D eigenvalue weighted by Gasteiger charge is -2.15. The zero-order chi connectivity index (χ0) is 15.9. The van der Waals surface area contributed by atoms with Crippen molar-refractivity contribution in [3.63, 3.8) is 0 Å². The van der Waals surface area contributed by atoms with Gasteiger partial charge in [0.25, 0.3) is 11.8 Å². The summed E-state index contributed by atoms with van der Waals surface area (Å²) in [6.45, 7) is -0.556. The first kappa shape index (κ1) is 15.5. The first-order valence-corrected chi connectivity index (χ1v) is 6.41. The molecule has 2 rings (SSSR count). The molecule has 22 heavy (non-hydrogen) atoms. The Labute approximate surface area is 126 Å². The number of anilines is 1. The van der Waals surface area contributed by atoms with Crippen molar-refractivity contribution in [3.05, 3.63) is 42.2 Å². The van der Waals surface area contributed by atoms with Crippen LogP contribution < -0.4 is 15.4 Å². The van der Waals surface area contributed by atoms with E-state index in [1.807, 2.05) is 0 Å². The standard InChI is InChI=1S/C14H15N3O5/c1-21-10-4-2-3-9(7-10)13(19)15-11(8-18)14(20)16-12-5-6-22-17-12/h2-7,11,18H,8H2,1H3,(H,15,19)(H,16,17,20)/t11-/m0/s1. The van der Waals surface area contributed by atoms with Crippen LogP contribution >= 0.6 is 0 Å². The minimum Gasteiger partial charge on any atom is -0.497 e. The second-order valence-electron chi connectivity index (χ2n) is 4.31. The van der Waals surface area contributed by atoms with Gasteiger partial charge >= 0.3 is 0 Å². The maximum atomic E-state index is 12.1. The Kier molecular flexibility index (Phi) is 5.10. The molecule has 1 aromatic carbocycles. The van der Waals surface area contributed by atoms with Crippen molar-refractivity contribution < 1.29 is 24.0 Å². The third-order valence-corrected chi connectivity index (χ3v) is 2.83. The van der Waals surface area contributed by atoms with Crippen LogP contribution in [0, 0.1) is 0 Å². The number of aliphatic hydroxyl groups is 1. The van der Waals surface area contributed by atoms with Gasteiger partial charge in [-0.15, -0.1) is 0 Å². The summed E-state index contributed by atoms with van der Waals surface area (Å²) in [5.74, 6) is -0.403. The van der Waals surface area contributed by atoms with E-state index in [-0.39, 0.29) is 5.82 Å². The largest absolute Gasteiger partial charge is 0.497 e. The summed E-state index contributed by atoms with van der Waals surface area (Å²) in [5.41, 5.74) is 0.312. The molecule has 0 saturated heterocycles. The highest BCUT2D eigenvalue weighted by Gasteiger charge is 2.21. The third-order valence-electron chi connectivity index (χ3n) is 2.83. The fourth-order valence-corrected chi connectivity index (χ4v) is 1.69. The van der Waals surface area contributed by atoms with Gasteiger partial charge in [-0.25, -0.2) is 0 Å². The Balaban J connectivity index is 2.02. The van der Waals surface area contributed by atoms with E-state index in [4.69, 9.17) is 4.74 Å². The lowest BCUT2D eigenvalue weighted by molar-refractivity contribution is -0.118. The number of aliphatic hydroxyl groups excluding tert-OH is 1.